The zero-order valence-electron chi connectivity index (χ0n) is 16.1. The largest absolute Gasteiger partial charge is 0.378 e. The molecule has 6 heteroatoms. The van der Waals surface area contributed by atoms with E-state index in [1.165, 1.54) is 25.7 Å². The number of nitrogens with zero attached hydrogens (tertiary/aromatic N) is 1. The van der Waals surface area contributed by atoms with E-state index < -0.39 is 10.8 Å². The first-order valence-corrected chi connectivity index (χ1v) is 11.1. The Morgan fingerprint density at radius 2 is 1.92 bits per heavy atom. The second-order valence-corrected chi connectivity index (χ2v) is 8.19. The highest BCUT2D eigenvalue weighted by atomic mass is 32.2. The first-order valence-electron chi connectivity index (χ1n) is 9.74. The van der Waals surface area contributed by atoms with Gasteiger partial charge in [0, 0.05) is 37.4 Å². The minimum atomic E-state index is -0.985. The summed E-state index contributed by atoms with van der Waals surface area (Å²) in [5.41, 5.74) is 0. The summed E-state index contributed by atoms with van der Waals surface area (Å²) in [5, 5.41) is 6.61. The summed E-state index contributed by atoms with van der Waals surface area (Å²) >= 11 is 0. The van der Waals surface area contributed by atoms with Crippen molar-refractivity contribution in [1.29, 1.82) is 0 Å². The van der Waals surface area contributed by atoms with Crippen molar-refractivity contribution in [2.24, 2.45) is 10.9 Å². The number of guanidine groups is 1. The van der Waals surface area contributed by atoms with Crippen molar-refractivity contribution in [3.05, 3.63) is 30.3 Å². The van der Waals surface area contributed by atoms with Crippen molar-refractivity contribution in [2.75, 3.05) is 32.5 Å². The Morgan fingerprint density at radius 1 is 1.23 bits per heavy atom. The van der Waals surface area contributed by atoms with Crippen molar-refractivity contribution in [3.63, 3.8) is 0 Å². The van der Waals surface area contributed by atoms with Crippen LogP contribution in [0, 0.1) is 5.92 Å². The van der Waals surface area contributed by atoms with Gasteiger partial charge in [0.05, 0.1) is 16.9 Å². The molecule has 0 aromatic heterocycles. The number of nitrogens with one attached hydrogen (secondary N) is 2. The number of benzene rings is 1. The number of ether oxygens (including phenoxy) is 1. The van der Waals surface area contributed by atoms with Crippen LogP contribution in [-0.2, 0) is 15.5 Å². The van der Waals surface area contributed by atoms with E-state index in [1.54, 1.807) is 7.05 Å². The highest BCUT2D eigenvalue weighted by molar-refractivity contribution is 7.85. The summed E-state index contributed by atoms with van der Waals surface area (Å²) in [6.07, 6.45) is 6.60. The molecule has 2 N–H and O–H groups in total. The maximum Gasteiger partial charge on any atom is 0.191 e. The normalized spacial score (nSPS) is 17.8. The monoisotopic (exact) mass is 379 g/mol. The summed E-state index contributed by atoms with van der Waals surface area (Å²) in [5.74, 6) is 2.03. The molecule has 2 rings (SSSR count). The van der Waals surface area contributed by atoms with Crippen LogP contribution < -0.4 is 10.6 Å². The van der Waals surface area contributed by atoms with Crippen LogP contribution in [0.25, 0.3) is 0 Å². The molecule has 2 unspecified atom stereocenters. The second kappa shape index (κ2) is 12.1. The summed E-state index contributed by atoms with van der Waals surface area (Å²) in [4.78, 5) is 5.12. The van der Waals surface area contributed by atoms with Gasteiger partial charge in [0.25, 0.3) is 0 Å². The Bertz CT molecular complexity index is 559. The fourth-order valence-electron chi connectivity index (χ4n) is 3.50. The third-order valence-electron chi connectivity index (χ3n) is 4.84. The Balaban J connectivity index is 1.67. The number of rotatable bonds is 10. The highest BCUT2D eigenvalue weighted by Crippen LogP contribution is 2.30. The topological polar surface area (TPSA) is 62.7 Å². The second-order valence-electron chi connectivity index (χ2n) is 6.62. The number of hydrogen-bond donors (Lipinski definition) is 2. The third-order valence-corrected chi connectivity index (χ3v) is 6.21. The molecule has 1 aromatic rings. The van der Waals surface area contributed by atoms with E-state index in [1.807, 2.05) is 30.3 Å². The van der Waals surface area contributed by atoms with Crippen molar-refractivity contribution in [2.45, 2.75) is 50.0 Å². The Kier molecular flexibility index (Phi) is 9.71. The molecule has 146 valence electrons. The standard InChI is InChI=1S/C20H33N3O2S/c1-3-25-19(17-9-7-8-10-17)13-14-22-20(21-2)23-15-16-26(24)18-11-5-4-6-12-18/h4-6,11-12,17,19H,3,7-10,13-16H2,1-2H3,(H2,21,22,23). The third kappa shape index (κ3) is 7.08. The van der Waals surface area contributed by atoms with Gasteiger partial charge in [-0.3, -0.25) is 9.20 Å². The van der Waals surface area contributed by atoms with Gasteiger partial charge < -0.3 is 15.4 Å². The van der Waals surface area contributed by atoms with Crippen LogP contribution in [0.2, 0.25) is 0 Å². The fourth-order valence-corrected chi connectivity index (χ4v) is 4.49. The Hall–Kier alpha value is -1.40. The van der Waals surface area contributed by atoms with E-state index in [4.69, 9.17) is 4.74 Å². The van der Waals surface area contributed by atoms with Crippen molar-refractivity contribution < 1.29 is 8.95 Å². The van der Waals surface area contributed by atoms with Gasteiger partial charge in [-0.1, -0.05) is 31.0 Å². The Labute approximate surface area is 160 Å². The zero-order chi connectivity index (χ0) is 18.6. The lowest BCUT2D eigenvalue weighted by molar-refractivity contribution is 0.0169. The van der Waals surface area contributed by atoms with Gasteiger partial charge in [-0.15, -0.1) is 0 Å². The predicted octanol–water partition coefficient (Wildman–Crippen LogP) is 2.94. The lowest BCUT2D eigenvalue weighted by atomic mass is 9.98. The molecular formula is C20H33N3O2S. The van der Waals surface area contributed by atoms with Crippen LogP contribution in [-0.4, -0.2) is 48.8 Å². The molecule has 1 fully saturated rings. The van der Waals surface area contributed by atoms with E-state index in [2.05, 4.69) is 22.5 Å². The fraction of sp³-hybridized carbons (Fsp3) is 0.650. The smallest absolute Gasteiger partial charge is 0.191 e. The average Bonchev–Trinajstić information content (AvgIpc) is 3.21. The van der Waals surface area contributed by atoms with E-state index >= 15 is 0 Å². The molecule has 0 spiro atoms. The van der Waals surface area contributed by atoms with Crippen molar-refractivity contribution in [1.82, 2.24) is 10.6 Å². The maximum absolute atomic E-state index is 12.2. The van der Waals surface area contributed by atoms with Crippen LogP contribution in [0.15, 0.2) is 40.2 Å². The molecule has 26 heavy (non-hydrogen) atoms. The van der Waals surface area contributed by atoms with Gasteiger partial charge in [0.1, 0.15) is 0 Å². The Morgan fingerprint density at radius 3 is 2.58 bits per heavy atom. The van der Waals surface area contributed by atoms with Crippen molar-refractivity contribution >= 4 is 16.8 Å². The van der Waals surface area contributed by atoms with Gasteiger partial charge in [-0.25, -0.2) is 0 Å². The minimum Gasteiger partial charge on any atom is -0.378 e. The quantitative estimate of drug-likeness (QED) is 0.485. The van der Waals surface area contributed by atoms with Gasteiger partial charge in [-0.05, 0) is 44.2 Å². The van der Waals surface area contributed by atoms with E-state index in [-0.39, 0.29) is 0 Å². The van der Waals surface area contributed by atoms with E-state index in [9.17, 15) is 4.21 Å². The lowest BCUT2D eigenvalue weighted by Crippen LogP contribution is -2.40. The van der Waals surface area contributed by atoms with Crippen LogP contribution in [0.5, 0.6) is 0 Å². The molecule has 0 aliphatic heterocycles. The molecule has 0 heterocycles. The van der Waals surface area contributed by atoms with Gasteiger partial charge in [-0.2, -0.15) is 0 Å². The molecule has 0 saturated heterocycles. The average molecular weight is 380 g/mol. The molecule has 0 radical (unpaired) electrons. The first-order chi connectivity index (χ1) is 12.7. The minimum absolute atomic E-state index is 0.346. The van der Waals surface area contributed by atoms with Crippen LogP contribution in [0.4, 0.5) is 0 Å². The number of hydrogen-bond acceptors (Lipinski definition) is 3. The van der Waals surface area contributed by atoms with E-state index in [0.29, 0.717) is 24.3 Å². The van der Waals surface area contributed by atoms with Gasteiger partial charge >= 0.3 is 0 Å². The first kappa shape index (κ1) is 20.9. The van der Waals surface area contributed by atoms with Gasteiger partial charge in [0.2, 0.25) is 0 Å². The highest BCUT2D eigenvalue weighted by Gasteiger charge is 2.25. The molecule has 1 aliphatic rings. The molecule has 1 aliphatic carbocycles. The van der Waals surface area contributed by atoms with Crippen LogP contribution in [0.3, 0.4) is 0 Å². The number of aliphatic imine (C=N–C) groups is 1. The van der Waals surface area contributed by atoms with Crippen LogP contribution in [0.1, 0.15) is 39.0 Å². The molecule has 1 aromatic carbocycles. The molecular weight excluding hydrogens is 346 g/mol. The zero-order valence-corrected chi connectivity index (χ0v) is 16.9. The summed E-state index contributed by atoms with van der Waals surface area (Å²) in [6, 6.07) is 9.58. The summed E-state index contributed by atoms with van der Waals surface area (Å²) in [7, 11) is 0.780. The lowest BCUT2D eigenvalue weighted by Gasteiger charge is -2.24. The van der Waals surface area contributed by atoms with E-state index in [0.717, 1.165) is 30.4 Å². The summed E-state index contributed by atoms with van der Waals surface area (Å²) < 4.78 is 18.2. The van der Waals surface area contributed by atoms with Gasteiger partial charge in [0.15, 0.2) is 5.96 Å². The predicted molar refractivity (Wildman–Crippen MR) is 109 cm³/mol. The molecule has 5 nitrogen and oxygen atoms in total. The van der Waals surface area contributed by atoms with Crippen LogP contribution >= 0.6 is 0 Å². The molecule has 0 bridgehead atoms. The molecule has 1 saturated carbocycles. The molecule has 2 atom stereocenters. The molecule has 0 amide bonds. The maximum atomic E-state index is 12.2. The summed E-state index contributed by atoms with van der Waals surface area (Å²) in [6.45, 7) is 4.31. The SMILES string of the molecule is CCOC(CCNC(=NC)NCCS(=O)c1ccccc1)C1CCCC1. The van der Waals surface area contributed by atoms with Crippen molar-refractivity contribution in [3.8, 4) is 0 Å².